The third-order valence-corrected chi connectivity index (χ3v) is 5.11. The van der Waals surface area contributed by atoms with E-state index in [1.165, 1.54) is 35.7 Å². The maximum Gasteiger partial charge on any atom is 0.185 e. The number of allylic oxidation sites excluding steroid dienone is 1. The average Bonchev–Trinajstić information content (AvgIpc) is 2.73. The second kappa shape index (κ2) is 7.57. The molecule has 3 aromatic carbocycles. The van der Waals surface area contributed by atoms with Crippen LogP contribution in [0.1, 0.15) is 35.2 Å². The molecule has 0 saturated carbocycles. The quantitative estimate of drug-likeness (QED) is 0.446. The van der Waals surface area contributed by atoms with Gasteiger partial charge in [0.1, 0.15) is 0 Å². The highest BCUT2D eigenvalue weighted by Gasteiger charge is 2.11. The summed E-state index contributed by atoms with van der Waals surface area (Å²) in [5, 5.41) is 2.35. The fraction of sp³-hybridized carbons (Fsp3) is 0.208. The lowest BCUT2D eigenvalue weighted by molar-refractivity contribution is 0.104. The smallest absolute Gasteiger partial charge is 0.185 e. The summed E-state index contributed by atoms with van der Waals surface area (Å²) in [5.41, 5.74) is 3.03. The summed E-state index contributed by atoms with van der Waals surface area (Å²) in [6.07, 6.45) is 7.44. The van der Waals surface area contributed by atoms with Crippen LogP contribution in [0.4, 0.5) is 5.69 Å². The van der Waals surface area contributed by atoms with Gasteiger partial charge in [-0.2, -0.15) is 0 Å². The van der Waals surface area contributed by atoms with E-state index in [4.69, 9.17) is 0 Å². The molecule has 1 aliphatic rings. The third-order valence-electron chi connectivity index (χ3n) is 5.11. The first-order valence-corrected chi connectivity index (χ1v) is 9.36. The lowest BCUT2D eigenvalue weighted by Crippen LogP contribution is -2.29. The van der Waals surface area contributed by atoms with Crippen molar-refractivity contribution in [2.75, 3.05) is 18.0 Å². The zero-order chi connectivity index (χ0) is 17.8. The van der Waals surface area contributed by atoms with E-state index in [0.29, 0.717) is 0 Å². The van der Waals surface area contributed by atoms with Crippen LogP contribution in [0.2, 0.25) is 0 Å². The molecule has 0 bridgehead atoms. The summed E-state index contributed by atoms with van der Waals surface area (Å²) in [7, 11) is 0. The van der Waals surface area contributed by atoms with E-state index in [-0.39, 0.29) is 5.78 Å². The zero-order valence-corrected chi connectivity index (χ0v) is 14.9. The van der Waals surface area contributed by atoms with Gasteiger partial charge in [-0.05, 0) is 65.9 Å². The summed E-state index contributed by atoms with van der Waals surface area (Å²) in [6.45, 7) is 2.24. The molecular formula is C24H23NO. The summed E-state index contributed by atoms with van der Waals surface area (Å²) in [5.74, 6) is 0.0446. The van der Waals surface area contributed by atoms with E-state index >= 15 is 0 Å². The average molecular weight is 341 g/mol. The first kappa shape index (κ1) is 16.6. The molecule has 1 heterocycles. The first-order chi connectivity index (χ1) is 12.8. The van der Waals surface area contributed by atoms with Crippen molar-refractivity contribution in [2.45, 2.75) is 19.3 Å². The number of ketones is 1. The van der Waals surface area contributed by atoms with Crippen LogP contribution in [0.3, 0.4) is 0 Å². The Kier molecular flexibility index (Phi) is 4.83. The topological polar surface area (TPSA) is 20.3 Å². The van der Waals surface area contributed by atoms with Gasteiger partial charge in [0.25, 0.3) is 0 Å². The molecule has 0 amide bonds. The summed E-state index contributed by atoms with van der Waals surface area (Å²) >= 11 is 0. The number of piperidine rings is 1. The van der Waals surface area contributed by atoms with Crippen molar-refractivity contribution in [3.8, 4) is 0 Å². The monoisotopic (exact) mass is 341 g/mol. The summed E-state index contributed by atoms with van der Waals surface area (Å²) in [6, 6.07) is 22.4. The maximum absolute atomic E-state index is 12.5. The van der Waals surface area contributed by atoms with E-state index in [0.717, 1.165) is 24.2 Å². The molecule has 2 heteroatoms. The van der Waals surface area contributed by atoms with Crippen molar-refractivity contribution in [3.05, 3.63) is 83.9 Å². The van der Waals surface area contributed by atoms with Crippen LogP contribution in [-0.2, 0) is 0 Å². The molecule has 130 valence electrons. The number of carbonyl (C=O) groups is 1. The van der Waals surface area contributed by atoms with Gasteiger partial charge in [0.15, 0.2) is 5.78 Å². The van der Waals surface area contributed by atoms with Crippen molar-refractivity contribution in [3.63, 3.8) is 0 Å². The second-order valence-corrected chi connectivity index (χ2v) is 6.86. The van der Waals surface area contributed by atoms with Gasteiger partial charge in [-0.1, -0.05) is 48.5 Å². The normalized spacial score (nSPS) is 14.8. The van der Waals surface area contributed by atoms with Gasteiger partial charge in [0, 0.05) is 24.3 Å². The predicted octanol–water partition coefficient (Wildman–Crippen LogP) is 5.73. The van der Waals surface area contributed by atoms with E-state index in [1.807, 2.05) is 42.5 Å². The molecule has 1 aliphatic heterocycles. The van der Waals surface area contributed by atoms with Gasteiger partial charge < -0.3 is 4.90 Å². The number of hydrogen-bond acceptors (Lipinski definition) is 2. The van der Waals surface area contributed by atoms with Gasteiger partial charge in [-0.15, -0.1) is 0 Å². The molecule has 1 saturated heterocycles. The minimum Gasteiger partial charge on any atom is -0.372 e. The molecular weight excluding hydrogens is 318 g/mol. The van der Waals surface area contributed by atoms with E-state index in [2.05, 4.69) is 35.2 Å². The largest absolute Gasteiger partial charge is 0.372 e. The van der Waals surface area contributed by atoms with Crippen molar-refractivity contribution in [1.82, 2.24) is 0 Å². The van der Waals surface area contributed by atoms with Crippen LogP contribution in [0.25, 0.3) is 16.8 Å². The molecule has 26 heavy (non-hydrogen) atoms. The number of carbonyl (C=O) groups excluding carboxylic acids is 1. The number of fused-ring (bicyclic) bond motifs is 1. The van der Waals surface area contributed by atoms with Crippen molar-refractivity contribution in [2.24, 2.45) is 0 Å². The molecule has 3 aromatic rings. The number of nitrogens with zero attached hydrogens (tertiary/aromatic N) is 1. The number of rotatable bonds is 4. The van der Waals surface area contributed by atoms with E-state index in [9.17, 15) is 4.79 Å². The molecule has 0 atom stereocenters. The molecule has 0 spiro atoms. The van der Waals surface area contributed by atoms with Gasteiger partial charge in [-0.25, -0.2) is 0 Å². The Labute approximate surface area is 154 Å². The third kappa shape index (κ3) is 3.55. The lowest BCUT2D eigenvalue weighted by Gasteiger charge is -2.28. The Bertz CT molecular complexity index is 929. The molecule has 4 rings (SSSR count). The van der Waals surface area contributed by atoms with Gasteiger partial charge >= 0.3 is 0 Å². The molecule has 0 N–H and O–H groups in total. The molecule has 0 aliphatic carbocycles. The van der Waals surface area contributed by atoms with Crippen LogP contribution in [0.15, 0.2) is 72.8 Å². The number of anilines is 1. The Morgan fingerprint density at radius 2 is 1.54 bits per heavy atom. The molecule has 0 aromatic heterocycles. The van der Waals surface area contributed by atoms with Gasteiger partial charge in [0.2, 0.25) is 0 Å². The van der Waals surface area contributed by atoms with E-state index in [1.54, 1.807) is 6.08 Å². The Hall–Kier alpha value is -2.87. The van der Waals surface area contributed by atoms with Crippen LogP contribution in [0.5, 0.6) is 0 Å². The fourth-order valence-corrected chi connectivity index (χ4v) is 3.65. The van der Waals surface area contributed by atoms with Crippen molar-refractivity contribution >= 4 is 28.3 Å². The molecule has 0 unspecified atom stereocenters. The molecule has 2 nitrogen and oxygen atoms in total. The Balaban J connectivity index is 1.51. The minimum atomic E-state index is 0.0446. The second-order valence-electron chi connectivity index (χ2n) is 6.86. The molecule has 0 radical (unpaired) electrons. The predicted molar refractivity (Wildman–Crippen MR) is 110 cm³/mol. The highest BCUT2D eigenvalue weighted by atomic mass is 16.1. The van der Waals surface area contributed by atoms with Crippen LogP contribution in [-0.4, -0.2) is 18.9 Å². The summed E-state index contributed by atoms with van der Waals surface area (Å²) < 4.78 is 0. The van der Waals surface area contributed by atoms with Crippen LogP contribution in [0, 0.1) is 0 Å². The Morgan fingerprint density at radius 1 is 0.808 bits per heavy atom. The minimum absolute atomic E-state index is 0.0446. The SMILES string of the molecule is O=C(C=Cc1cccc2ccccc12)c1ccc(N2CCCCC2)cc1. The fourth-order valence-electron chi connectivity index (χ4n) is 3.65. The standard InChI is InChI=1S/C24H23NO/c26-24(16-13-20-9-6-8-19-7-2-3-10-23(19)20)21-11-14-22(15-12-21)25-17-4-1-5-18-25/h2-3,6-16H,1,4-5,17-18H2. The van der Waals surface area contributed by atoms with Gasteiger partial charge in [0.05, 0.1) is 0 Å². The van der Waals surface area contributed by atoms with E-state index < -0.39 is 0 Å². The lowest BCUT2D eigenvalue weighted by atomic mass is 10.0. The highest BCUT2D eigenvalue weighted by molar-refractivity contribution is 6.08. The van der Waals surface area contributed by atoms with Crippen LogP contribution < -0.4 is 4.90 Å². The van der Waals surface area contributed by atoms with Crippen molar-refractivity contribution in [1.29, 1.82) is 0 Å². The first-order valence-electron chi connectivity index (χ1n) is 9.36. The maximum atomic E-state index is 12.5. The number of benzene rings is 3. The van der Waals surface area contributed by atoms with Crippen molar-refractivity contribution < 1.29 is 4.79 Å². The van der Waals surface area contributed by atoms with Crippen LogP contribution >= 0.6 is 0 Å². The zero-order valence-electron chi connectivity index (χ0n) is 14.9. The van der Waals surface area contributed by atoms with Gasteiger partial charge in [-0.3, -0.25) is 4.79 Å². The molecule has 1 fully saturated rings. The summed E-state index contributed by atoms with van der Waals surface area (Å²) in [4.78, 5) is 14.9. The number of hydrogen-bond donors (Lipinski definition) is 0. The Morgan fingerprint density at radius 3 is 2.35 bits per heavy atom. The highest BCUT2D eigenvalue weighted by Crippen LogP contribution is 2.22.